The van der Waals surface area contributed by atoms with E-state index in [-0.39, 0.29) is 10.8 Å². The van der Waals surface area contributed by atoms with Gasteiger partial charge >= 0.3 is 11.7 Å². The SMILES string of the molecule is CSc1sc(-c2ccccc2)c2[n+]1CC(=O)N2.O=S(=O)(O)c1ccccc1. The first kappa shape index (κ1) is 19.6. The Morgan fingerprint density at radius 3 is 2.19 bits per heavy atom. The number of aromatic nitrogens is 1. The lowest BCUT2D eigenvalue weighted by Crippen LogP contribution is -2.31. The van der Waals surface area contributed by atoms with Crippen LogP contribution in [0.1, 0.15) is 0 Å². The van der Waals surface area contributed by atoms with E-state index in [2.05, 4.69) is 22.0 Å². The predicted octanol–water partition coefficient (Wildman–Crippen LogP) is 3.31. The topological polar surface area (TPSA) is 87.4 Å². The average Bonchev–Trinajstić information content (AvgIpc) is 3.20. The first-order valence-corrected chi connectivity index (χ1v) is 11.4. The quantitative estimate of drug-likeness (QED) is 0.385. The number of nitrogens with zero attached hydrogens (tertiary/aromatic N) is 1. The molecule has 1 aliphatic heterocycles. The number of fused-ring (bicyclic) bond motifs is 1. The van der Waals surface area contributed by atoms with Crippen molar-refractivity contribution in [1.82, 2.24) is 0 Å². The minimum Gasteiger partial charge on any atom is -0.282 e. The molecule has 6 nitrogen and oxygen atoms in total. The van der Waals surface area contributed by atoms with Gasteiger partial charge < -0.3 is 0 Å². The number of nitrogens with one attached hydrogen (secondary N) is 1. The van der Waals surface area contributed by atoms with Gasteiger partial charge in [-0.3, -0.25) is 4.55 Å². The Morgan fingerprint density at radius 1 is 1.07 bits per heavy atom. The monoisotopic (exact) mass is 421 g/mol. The Hall–Kier alpha value is -2.20. The Balaban J connectivity index is 0.000000180. The van der Waals surface area contributed by atoms with Crippen molar-refractivity contribution in [3.05, 3.63) is 60.7 Å². The Bertz CT molecular complexity index is 1050. The van der Waals surface area contributed by atoms with Crippen LogP contribution in [0.3, 0.4) is 0 Å². The minimum absolute atomic E-state index is 0.0697. The highest BCUT2D eigenvalue weighted by atomic mass is 32.2. The maximum absolute atomic E-state index is 11.5. The van der Waals surface area contributed by atoms with Crippen molar-refractivity contribution >= 4 is 44.9 Å². The lowest BCUT2D eigenvalue weighted by Gasteiger charge is -1.94. The molecule has 1 aromatic heterocycles. The van der Waals surface area contributed by atoms with Crippen molar-refractivity contribution in [2.75, 3.05) is 11.6 Å². The second-order valence-corrected chi connectivity index (χ2v) is 9.01. The van der Waals surface area contributed by atoms with Gasteiger partial charge in [-0.25, -0.2) is 10.1 Å². The standard InChI is InChI=1S/C12H10N2OS2.C6H6O3S/c1-16-12-14-7-9(15)13-11(14)10(17-12)8-5-3-2-4-6-8;7-10(8,9)6-4-2-1-3-5-6/h2-6H,7H2,1H3;1-5H,(H,7,8,9)/p+1. The van der Waals surface area contributed by atoms with Crippen LogP contribution < -0.4 is 9.88 Å². The summed E-state index contributed by atoms with van der Waals surface area (Å²) in [6.07, 6.45) is 2.04. The maximum atomic E-state index is 11.5. The number of hydrogen-bond donors (Lipinski definition) is 2. The fourth-order valence-electron chi connectivity index (χ4n) is 2.52. The average molecular weight is 422 g/mol. The normalized spacial score (nSPS) is 12.7. The fraction of sp³-hybridized carbons (Fsp3) is 0.111. The van der Waals surface area contributed by atoms with Gasteiger partial charge in [0.05, 0.1) is 4.90 Å². The number of rotatable bonds is 3. The molecule has 2 aromatic carbocycles. The van der Waals surface area contributed by atoms with Crippen LogP contribution in [0, 0.1) is 0 Å². The second kappa shape index (κ2) is 8.22. The van der Waals surface area contributed by atoms with Gasteiger partial charge in [0.15, 0.2) is 6.54 Å². The number of carbonyl (C=O) groups excluding carboxylic acids is 1. The third-order valence-corrected chi connectivity index (χ3v) is 6.92. The lowest BCUT2D eigenvalue weighted by molar-refractivity contribution is -0.694. The van der Waals surface area contributed by atoms with Gasteiger partial charge in [-0.05, 0) is 18.4 Å². The third kappa shape index (κ3) is 4.56. The maximum Gasteiger partial charge on any atom is 0.349 e. The summed E-state index contributed by atoms with van der Waals surface area (Å²) in [6.45, 7) is 0.439. The number of thiazole rings is 1. The summed E-state index contributed by atoms with van der Waals surface area (Å²) < 4.78 is 32.5. The fourth-order valence-corrected chi connectivity index (χ4v) is 4.93. The van der Waals surface area contributed by atoms with E-state index in [4.69, 9.17) is 4.55 Å². The molecule has 1 aliphatic rings. The molecule has 0 unspecified atom stereocenters. The first-order chi connectivity index (χ1) is 12.9. The summed E-state index contributed by atoms with van der Waals surface area (Å²) in [6, 6.07) is 17.6. The molecule has 0 aliphatic carbocycles. The summed E-state index contributed by atoms with van der Waals surface area (Å²) in [7, 11) is -4.00. The van der Waals surface area contributed by atoms with Crippen molar-refractivity contribution in [2.45, 2.75) is 15.8 Å². The van der Waals surface area contributed by atoms with Gasteiger partial charge in [0.2, 0.25) is 4.34 Å². The van der Waals surface area contributed by atoms with Crippen LogP contribution >= 0.6 is 23.1 Å². The number of benzene rings is 2. The molecule has 9 heteroatoms. The van der Waals surface area contributed by atoms with Crippen molar-refractivity contribution in [3.8, 4) is 10.4 Å². The molecule has 140 valence electrons. The highest BCUT2D eigenvalue weighted by Gasteiger charge is 2.35. The van der Waals surface area contributed by atoms with Crippen LogP contribution in [0.2, 0.25) is 0 Å². The van der Waals surface area contributed by atoms with E-state index < -0.39 is 10.1 Å². The first-order valence-electron chi connectivity index (χ1n) is 7.88. The van der Waals surface area contributed by atoms with Crippen LogP contribution in [0.25, 0.3) is 10.4 Å². The highest BCUT2D eigenvalue weighted by molar-refractivity contribution is 8.00. The van der Waals surface area contributed by atoms with E-state index in [0.29, 0.717) is 6.54 Å². The van der Waals surface area contributed by atoms with Gasteiger partial charge in [-0.1, -0.05) is 71.6 Å². The van der Waals surface area contributed by atoms with Gasteiger partial charge in [0.1, 0.15) is 4.88 Å². The number of amides is 1. The molecule has 3 aromatic rings. The van der Waals surface area contributed by atoms with E-state index in [1.54, 1.807) is 41.3 Å². The third-order valence-electron chi connectivity index (χ3n) is 3.71. The van der Waals surface area contributed by atoms with Gasteiger partial charge in [0, 0.05) is 5.56 Å². The van der Waals surface area contributed by atoms with E-state index >= 15 is 0 Å². The molecule has 0 bridgehead atoms. The molecule has 0 saturated carbocycles. The molecular formula is C18H17N2O4S3+. The number of hydrogen-bond acceptors (Lipinski definition) is 5. The zero-order chi connectivity index (χ0) is 19.4. The lowest BCUT2D eigenvalue weighted by atomic mass is 10.2. The van der Waals surface area contributed by atoms with Crippen LogP contribution in [-0.2, 0) is 21.5 Å². The molecule has 2 N–H and O–H groups in total. The van der Waals surface area contributed by atoms with Crippen LogP contribution in [-0.4, -0.2) is 25.1 Å². The van der Waals surface area contributed by atoms with Gasteiger partial charge in [0.25, 0.3) is 10.1 Å². The number of carbonyl (C=O) groups is 1. The van der Waals surface area contributed by atoms with E-state index in [1.165, 1.54) is 12.1 Å². The summed E-state index contributed by atoms with van der Waals surface area (Å²) >= 11 is 3.41. The smallest absolute Gasteiger partial charge is 0.282 e. The minimum atomic E-state index is -4.00. The summed E-state index contributed by atoms with van der Waals surface area (Å²) in [5, 5.41) is 2.94. The Labute approximate surface area is 165 Å². The Kier molecular flexibility index (Phi) is 5.95. The van der Waals surface area contributed by atoms with Gasteiger partial charge in [-0.15, -0.1) is 0 Å². The molecule has 2 heterocycles. The number of thioether (sulfide) groups is 1. The summed E-state index contributed by atoms with van der Waals surface area (Å²) in [5.74, 6) is 1.01. The van der Waals surface area contributed by atoms with Crippen LogP contribution in [0.15, 0.2) is 69.9 Å². The van der Waals surface area contributed by atoms with Crippen molar-refractivity contribution in [3.63, 3.8) is 0 Å². The van der Waals surface area contributed by atoms with Crippen LogP contribution in [0.5, 0.6) is 0 Å². The van der Waals surface area contributed by atoms with Crippen molar-refractivity contribution < 1.29 is 22.3 Å². The zero-order valence-corrected chi connectivity index (χ0v) is 16.8. The molecule has 0 saturated heterocycles. The summed E-state index contributed by atoms with van der Waals surface area (Å²) in [5.41, 5.74) is 1.16. The molecule has 0 spiro atoms. The molecule has 0 radical (unpaired) electrons. The molecule has 4 rings (SSSR count). The van der Waals surface area contributed by atoms with E-state index in [9.17, 15) is 13.2 Å². The molecule has 27 heavy (non-hydrogen) atoms. The van der Waals surface area contributed by atoms with E-state index in [0.717, 1.165) is 20.6 Å². The molecule has 1 amide bonds. The van der Waals surface area contributed by atoms with Gasteiger partial charge in [-0.2, -0.15) is 13.0 Å². The molecule has 0 fully saturated rings. The predicted molar refractivity (Wildman–Crippen MR) is 107 cm³/mol. The molecule has 0 atom stereocenters. The number of anilines is 1. The molecular weight excluding hydrogens is 404 g/mol. The second-order valence-electron chi connectivity index (χ2n) is 5.54. The van der Waals surface area contributed by atoms with Crippen molar-refractivity contribution in [1.29, 1.82) is 0 Å². The highest BCUT2D eigenvalue weighted by Crippen LogP contribution is 2.37. The summed E-state index contributed by atoms with van der Waals surface area (Å²) in [4.78, 5) is 12.5. The largest absolute Gasteiger partial charge is 0.349 e. The van der Waals surface area contributed by atoms with E-state index in [1.807, 2.05) is 24.5 Å². The van der Waals surface area contributed by atoms with Crippen molar-refractivity contribution in [2.24, 2.45) is 0 Å². The Morgan fingerprint density at radius 2 is 1.67 bits per heavy atom. The zero-order valence-electron chi connectivity index (χ0n) is 14.3. The van der Waals surface area contributed by atoms with Crippen LogP contribution in [0.4, 0.5) is 5.82 Å².